The number of benzene rings is 2. The Kier molecular flexibility index (Phi) is 2.46. The molecule has 76 valence electrons. The van der Waals surface area contributed by atoms with Gasteiger partial charge in [-0.2, -0.15) is 0 Å². The summed E-state index contributed by atoms with van der Waals surface area (Å²) in [5, 5.41) is 0. The minimum atomic E-state index is 0.853. The molecule has 0 radical (unpaired) electrons. The van der Waals surface area contributed by atoms with E-state index in [1.165, 1.54) is 16.7 Å². The molecule has 0 aliphatic carbocycles. The SMILES string of the molecule is Cc1cccc(-c2ccc(N)c(C)c2)c1. The molecular weight excluding hydrogens is 182 g/mol. The van der Waals surface area contributed by atoms with Crippen LogP contribution in [0.4, 0.5) is 5.69 Å². The van der Waals surface area contributed by atoms with Gasteiger partial charge in [-0.3, -0.25) is 0 Å². The second-order valence-corrected chi connectivity index (χ2v) is 3.94. The Hall–Kier alpha value is -1.76. The van der Waals surface area contributed by atoms with Gasteiger partial charge in [0.05, 0.1) is 0 Å². The molecule has 0 aromatic heterocycles. The minimum Gasteiger partial charge on any atom is -0.399 e. The molecule has 0 amide bonds. The van der Waals surface area contributed by atoms with Crippen molar-refractivity contribution in [2.45, 2.75) is 13.8 Å². The van der Waals surface area contributed by atoms with Crippen molar-refractivity contribution in [1.29, 1.82) is 0 Å². The van der Waals surface area contributed by atoms with Crippen molar-refractivity contribution in [2.24, 2.45) is 0 Å². The van der Waals surface area contributed by atoms with Crippen molar-refractivity contribution in [2.75, 3.05) is 5.73 Å². The number of aryl methyl sites for hydroxylation is 2. The van der Waals surface area contributed by atoms with Crippen LogP contribution >= 0.6 is 0 Å². The van der Waals surface area contributed by atoms with E-state index in [1.54, 1.807) is 0 Å². The highest BCUT2D eigenvalue weighted by Crippen LogP contribution is 2.23. The molecule has 0 spiro atoms. The van der Waals surface area contributed by atoms with Crippen LogP contribution in [0.2, 0.25) is 0 Å². The quantitative estimate of drug-likeness (QED) is 0.695. The van der Waals surface area contributed by atoms with Crippen LogP contribution < -0.4 is 5.73 Å². The van der Waals surface area contributed by atoms with Gasteiger partial charge < -0.3 is 5.73 Å². The molecule has 1 nitrogen and oxygen atoms in total. The van der Waals surface area contributed by atoms with Crippen molar-refractivity contribution in [3.05, 3.63) is 53.6 Å². The van der Waals surface area contributed by atoms with Gasteiger partial charge in [0.1, 0.15) is 0 Å². The van der Waals surface area contributed by atoms with Gasteiger partial charge in [0.25, 0.3) is 0 Å². The summed E-state index contributed by atoms with van der Waals surface area (Å²) in [5.41, 5.74) is 11.5. The van der Waals surface area contributed by atoms with E-state index in [9.17, 15) is 0 Å². The first-order valence-corrected chi connectivity index (χ1v) is 5.10. The van der Waals surface area contributed by atoms with E-state index in [0.717, 1.165) is 11.3 Å². The van der Waals surface area contributed by atoms with E-state index in [2.05, 4.69) is 43.3 Å². The molecule has 0 aliphatic rings. The first kappa shape index (κ1) is 9.78. The Morgan fingerprint density at radius 2 is 1.60 bits per heavy atom. The van der Waals surface area contributed by atoms with Gasteiger partial charge in [0.2, 0.25) is 0 Å². The van der Waals surface area contributed by atoms with Gasteiger partial charge in [-0.25, -0.2) is 0 Å². The zero-order valence-corrected chi connectivity index (χ0v) is 9.12. The third kappa shape index (κ3) is 2.01. The van der Waals surface area contributed by atoms with E-state index >= 15 is 0 Å². The average molecular weight is 197 g/mol. The van der Waals surface area contributed by atoms with Crippen LogP contribution in [0.15, 0.2) is 42.5 Å². The second-order valence-electron chi connectivity index (χ2n) is 3.94. The molecule has 2 aromatic rings. The van der Waals surface area contributed by atoms with E-state index in [4.69, 9.17) is 5.73 Å². The van der Waals surface area contributed by atoms with Crippen LogP contribution in [0.5, 0.6) is 0 Å². The molecule has 2 rings (SSSR count). The Balaban J connectivity index is 2.50. The van der Waals surface area contributed by atoms with Gasteiger partial charge in [0.15, 0.2) is 0 Å². The first-order valence-electron chi connectivity index (χ1n) is 5.10. The maximum absolute atomic E-state index is 5.80. The molecule has 2 aromatic carbocycles. The number of anilines is 1. The maximum atomic E-state index is 5.80. The summed E-state index contributed by atoms with van der Waals surface area (Å²) in [6.07, 6.45) is 0. The highest BCUT2D eigenvalue weighted by atomic mass is 14.5. The van der Waals surface area contributed by atoms with Crippen molar-refractivity contribution in [3.8, 4) is 11.1 Å². The van der Waals surface area contributed by atoms with Crippen LogP contribution in [0.1, 0.15) is 11.1 Å². The maximum Gasteiger partial charge on any atom is 0.0344 e. The molecule has 0 unspecified atom stereocenters. The largest absolute Gasteiger partial charge is 0.399 e. The summed E-state index contributed by atoms with van der Waals surface area (Å²) in [4.78, 5) is 0. The molecule has 0 fully saturated rings. The van der Waals surface area contributed by atoms with E-state index in [1.807, 2.05) is 13.0 Å². The zero-order valence-electron chi connectivity index (χ0n) is 9.12. The lowest BCUT2D eigenvalue weighted by Gasteiger charge is -2.06. The van der Waals surface area contributed by atoms with Gasteiger partial charge in [-0.05, 0) is 42.7 Å². The number of hydrogen-bond donors (Lipinski definition) is 1. The van der Waals surface area contributed by atoms with E-state index in [0.29, 0.717) is 0 Å². The summed E-state index contributed by atoms with van der Waals surface area (Å²) in [5.74, 6) is 0. The highest BCUT2D eigenvalue weighted by Gasteiger charge is 1.99. The molecule has 0 saturated heterocycles. The van der Waals surface area contributed by atoms with E-state index < -0.39 is 0 Å². The van der Waals surface area contributed by atoms with Crippen molar-refractivity contribution >= 4 is 5.69 Å². The van der Waals surface area contributed by atoms with E-state index in [-0.39, 0.29) is 0 Å². The normalized spacial score (nSPS) is 10.3. The summed E-state index contributed by atoms with van der Waals surface area (Å²) in [6.45, 7) is 4.14. The number of rotatable bonds is 1. The lowest BCUT2D eigenvalue weighted by atomic mass is 10.0. The molecule has 0 aliphatic heterocycles. The monoisotopic (exact) mass is 197 g/mol. The van der Waals surface area contributed by atoms with Crippen molar-refractivity contribution in [3.63, 3.8) is 0 Å². The Bertz CT molecular complexity index is 486. The highest BCUT2D eigenvalue weighted by molar-refractivity contribution is 5.68. The molecule has 0 atom stereocenters. The third-order valence-corrected chi connectivity index (χ3v) is 2.62. The number of hydrogen-bond acceptors (Lipinski definition) is 1. The number of nitrogens with two attached hydrogens (primary N) is 1. The topological polar surface area (TPSA) is 26.0 Å². The van der Waals surface area contributed by atoms with Crippen LogP contribution in [0, 0.1) is 13.8 Å². The summed E-state index contributed by atoms with van der Waals surface area (Å²) >= 11 is 0. The summed E-state index contributed by atoms with van der Waals surface area (Å²) in [6, 6.07) is 14.7. The fourth-order valence-corrected chi connectivity index (χ4v) is 1.68. The third-order valence-electron chi connectivity index (χ3n) is 2.62. The van der Waals surface area contributed by atoms with Crippen LogP contribution in [0.3, 0.4) is 0 Å². The molecule has 1 heteroatoms. The molecule has 2 N–H and O–H groups in total. The Morgan fingerprint density at radius 3 is 2.27 bits per heavy atom. The predicted octanol–water partition coefficient (Wildman–Crippen LogP) is 3.55. The summed E-state index contributed by atoms with van der Waals surface area (Å²) in [7, 11) is 0. The zero-order chi connectivity index (χ0) is 10.8. The predicted molar refractivity (Wildman–Crippen MR) is 65.8 cm³/mol. The smallest absolute Gasteiger partial charge is 0.0344 e. The molecule has 0 heterocycles. The van der Waals surface area contributed by atoms with Crippen LogP contribution in [-0.2, 0) is 0 Å². The van der Waals surface area contributed by atoms with Crippen LogP contribution in [0.25, 0.3) is 11.1 Å². The number of nitrogen functional groups attached to an aromatic ring is 1. The lowest BCUT2D eigenvalue weighted by Crippen LogP contribution is -1.89. The van der Waals surface area contributed by atoms with Crippen LogP contribution in [-0.4, -0.2) is 0 Å². The Morgan fingerprint density at radius 1 is 0.867 bits per heavy atom. The fraction of sp³-hybridized carbons (Fsp3) is 0.143. The lowest BCUT2D eigenvalue weighted by molar-refractivity contribution is 1.44. The average Bonchev–Trinajstić information content (AvgIpc) is 2.22. The summed E-state index contributed by atoms with van der Waals surface area (Å²) < 4.78 is 0. The van der Waals surface area contributed by atoms with Gasteiger partial charge in [0, 0.05) is 5.69 Å². The molecular formula is C14H15N. The Labute approximate surface area is 90.6 Å². The van der Waals surface area contributed by atoms with Gasteiger partial charge in [-0.1, -0.05) is 35.9 Å². The van der Waals surface area contributed by atoms with Crippen molar-refractivity contribution in [1.82, 2.24) is 0 Å². The molecule has 15 heavy (non-hydrogen) atoms. The fourth-order valence-electron chi connectivity index (χ4n) is 1.68. The van der Waals surface area contributed by atoms with Gasteiger partial charge in [-0.15, -0.1) is 0 Å². The van der Waals surface area contributed by atoms with Gasteiger partial charge >= 0.3 is 0 Å². The molecule has 0 bridgehead atoms. The second kappa shape index (κ2) is 3.77. The standard InChI is InChI=1S/C14H15N/c1-10-4-3-5-12(8-10)13-6-7-14(15)11(2)9-13/h3-9H,15H2,1-2H3. The minimum absolute atomic E-state index is 0.853. The first-order chi connectivity index (χ1) is 7.16. The van der Waals surface area contributed by atoms with Crippen molar-refractivity contribution < 1.29 is 0 Å². The molecule has 0 saturated carbocycles.